The van der Waals surface area contributed by atoms with Crippen molar-refractivity contribution >= 4 is 62.5 Å². The number of methoxy groups -OCH3 is 1. The van der Waals surface area contributed by atoms with Gasteiger partial charge in [-0.2, -0.15) is 10.1 Å². The summed E-state index contributed by atoms with van der Waals surface area (Å²) >= 11 is 15.6. The van der Waals surface area contributed by atoms with Crippen LogP contribution >= 0.6 is 39.1 Å². The van der Waals surface area contributed by atoms with E-state index in [0.717, 1.165) is 4.47 Å². The summed E-state index contributed by atoms with van der Waals surface area (Å²) < 4.78 is 6.20. The largest absolute Gasteiger partial charge is 0.495 e. The van der Waals surface area contributed by atoms with Crippen LogP contribution in [0.4, 0.5) is 5.69 Å². The molecule has 7 heteroatoms. The van der Waals surface area contributed by atoms with E-state index in [1.165, 1.54) is 12.1 Å². The van der Waals surface area contributed by atoms with Gasteiger partial charge in [-0.1, -0.05) is 45.2 Å². The summed E-state index contributed by atoms with van der Waals surface area (Å²) in [6, 6.07) is 10.7. The van der Waals surface area contributed by atoms with Crippen LogP contribution in [0, 0.1) is 0 Å². The number of halogens is 3. The summed E-state index contributed by atoms with van der Waals surface area (Å²) in [6.45, 7) is 1.78. The number of amides is 1. The molecule has 0 radical (unpaired) electrons. The molecular formula is C18H13BrCl2N2O2. The van der Waals surface area contributed by atoms with Crippen LogP contribution in [0.3, 0.4) is 0 Å². The van der Waals surface area contributed by atoms with Gasteiger partial charge in [0.1, 0.15) is 5.75 Å². The molecule has 0 atom stereocenters. The zero-order valence-corrected chi connectivity index (χ0v) is 16.5. The second-order valence-corrected chi connectivity index (χ2v) is 7.11. The second kappa shape index (κ2) is 7.20. The van der Waals surface area contributed by atoms with Crippen molar-refractivity contribution < 1.29 is 9.53 Å². The van der Waals surface area contributed by atoms with Crippen molar-refractivity contribution in [1.82, 2.24) is 0 Å². The third-order valence-corrected chi connectivity index (χ3v) is 4.65. The molecule has 1 heterocycles. The number of carbonyl (C=O) groups excluding carboxylic acids is 1. The molecule has 1 aliphatic heterocycles. The van der Waals surface area contributed by atoms with E-state index < -0.39 is 0 Å². The molecule has 0 N–H and O–H groups in total. The maximum Gasteiger partial charge on any atom is 0.280 e. The quantitative estimate of drug-likeness (QED) is 0.586. The molecule has 128 valence electrons. The fourth-order valence-electron chi connectivity index (χ4n) is 2.53. The molecule has 4 nitrogen and oxygen atoms in total. The monoisotopic (exact) mass is 438 g/mol. The number of hydrazone groups is 1. The second-order valence-electron chi connectivity index (χ2n) is 5.35. The Morgan fingerprint density at radius 2 is 2.00 bits per heavy atom. The molecule has 1 aliphatic rings. The minimum atomic E-state index is -0.228. The molecule has 3 rings (SSSR count). The molecule has 0 saturated heterocycles. The van der Waals surface area contributed by atoms with E-state index in [-0.39, 0.29) is 5.91 Å². The summed E-state index contributed by atoms with van der Waals surface area (Å²) in [6.07, 6.45) is 1.69. The van der Waals surface area contributed by atoms with Crippen LogP contribution in [-0.2, 0) is 4.79 Å². The summed E-state index contributed by atoms with van der Waals surface area (Å²) in [5, 5.41) is 6.57. The van der Waals surface area contributed by atoms with Gasteiger partial charge in [-0.3, -0.25) is 4.79 Å². The van der Waals surface area contributed by atoms with E-state index in [1.807, 2.05) is 24.3 Å². The minimum Gasteiger partial charge on any atom is -0.495 e. The Kier molecular flexibility index (Phi) is 5.18. The van der Waals surface area contributed by atoms with Gasteiger partial charge in [0.05, 0.1) is 29.1 Å². The van der Waals surface area contributed by atoms with Crippen molar-refractivity contribution in [2.24, 2.45) is 5.10 Å². The van der Waals surface area contributed by atoms with Crippen molar-refractivity contribution in [3.63, 3.8) is 0 Å². The number of anilines is 1. The van der Waals surface area contributed by atoms with Crippen molar-refractivity contribution in [2.75, 3.05) is 12.1 Å². The Hall–Kier alpha value is -1.82. The molecule has 0 bridgehead atoms. The van der Waals surface area contributed by atoms with Gasteiger partial charge in [0.25, 0.3) is 5.91 Å². The molecular weight excluding hydrogens is 427 g/mol. The lowest BCUT2D eigenvalue weighted by atomic mass is 10.1. The van der Waals surface area contributed by atoms with Crippen molar-refractivity contribution in [3.05, 3.63) is 62.1 Å². The SMILES string of the molecule is COc1c(Cl)cc(Cl)cc1/C=C1/C(=O)N(c2cccc(Br)c2)N=C1C. The summed E-state index contributed by atoms with van der Waals surface area (Å²) in [5.74, 6) is 0.230. The van der Waals surface area contributed by atoms with Gasteiger partial charge < -0.3 is 4.74 Å². The number of rotatable bonds is 3. The molecule has 25 heavy (non-hydrogen) atoms. The van der Waals surface area contributed by atoms with Gasteiger partial charge in [-0.25, -0.2) is 0 Å². The number of ether oxygens (including phenoxy) is 1. The van der Waals surface area contributed by atoms with Crippen LogP contribution < -0.4 is 9.75 Å². The topological polar surface area (TPSA) is 41.9 Å². The first-order chi connectivity index (χ1) is 11.9. The fraction of sp³-hybridized carbons (Fsp3) is 0.111. The molecule has 0 fully saturated rings. The van der Waals surface area contributed by atoms with E-state index in [4.69, 9.17) is 27.9 Å². The summed E-state index contributed by atoms with van der Waals surface area (Å²) in [5.41, 5.74) is 2.35. The van der Waals surface area contributed by atoms with E-state index in [1.54, 1.807) is 25.1 Å². The number of benzene rings is 2. The molecule has 1 amide bonds. The molecule has 2 aromatic carbocycles. The van der Waals surface area contributed by atoms with E-state index in [9.17, 15) is 4.79 Å². The predicted molar refractivity (Wildman–Crippen MR) is 106 cm³/mol. The van der Waals surface area contributed by atoms with Crippen LogP contribution in [-0.4, -0.2) is 18.7 Å². The molecule has 0 saturated carbocycles. The standard InChI is InChI=1S/C18H13BrCl2N2O2/c1-10-15(7-11-6-13(20)9-16(21)17(11)25-2)18(24)23(22-10)14-5-3-4-12(19)8-14/h3-9H,1-2H3/b15-7+. The average molecular weight is 440 g/mol. The highest BCUT2D eigenvalue weighted by molar-refractivity contribution is 9.10. The van der Waals surface area contributed by atoms with Crippen molar-refractivity contribution in [1.29, 1.82) is 0 Å². The Bertz CT molecular complexity index is 925. The van der Waals surface area contributed by atoms with Gasteiger partial charge in [0.15, 0.2) is 0 Å². The zero-order valence-electron chi connectivity index (χ0n) is 13.4. The number of hydrogen-bond donors (Lipinski definition) is 0. The van der Waals surface area contributed by atoms with Crippen LogP contribution in [0.15, 0.2) is 51.5 Å². The molecule has 2 aromatic rings. The van der Waals surface area contributed by atoms with Gasteiger partial charge in [-0.05, 0) is 43.3 Å². The fourth-order valence-corrected chi connectivity index (χ4v) is 3.50. The normalized spacial score (nSPS) is 15.7. The lowest BCUT2D eigenvalue weighted by Gasteiger charge is -2.12. The first-order valence-corrected chi connectivity index (χ1v) is 8.86. The number of nitrogens with zero attached hydrogens (tertiary/aromatic N) is 2. The highest BCUT2D eigenvalue weighted by atomic mass is 79.9. The summed E-state index contributed by atoms with van der Waals surface area (Å²) in [7, 11) is 1.52. The van der Waals surface area contributed by atoms with E-state index in [2.05, 4.69) is 21.0 Å². The highest BCUT2D eigenvalue weighted by Crippen LogP contribution is 2.35. The zero-order chi connectivity index (χ0) is 18.1. The molecule has 0 aliphatic carbocycles. The maximum atomic E-state index is 12.8. The van der Waals surface area contributed by atoms with Crippen LogP contribution in [0.5, 0.6) is 5.75 Å². The van der Waals surface area contributed by atoms with Crippen molar-refractivity contribution in [2.45, 2.75) is 6.92 Å². The van der Waals surface area contributed by atoms with Crippen LogP contribution in [0.2, 0.25) is 10.0 Å². The average Bonchev–Trinajstić information content (AvgIpc) is 2.83. The first-order valence-electron chi connectivity index (χ1n) is 7.31. The Morgan fingerprint density at radius 1 is 1.24 bits per heavy atom. The van der Waals surface area contributed by atoms with Crippen LogP contribution in [0.1, 0.15) is 12.5 Å². The third kappa shape index (κ3) is 3.59. The smallest absolute Gasteiger partial charge is 0.280 e. The first kappa shape index (κ1) is 18.0. The van der Waals surface area contributed by atoms with Gasteiger partial charge >= 0.3 is 0 Å². The van der Waals surface area contributed by atoms with Gasteiger partial charge in [-0.15, -0.1) is 0 Å². The third-order valence-electron chi connectivity index (χ3n) is 3.66. The van der Waals surface area contributed by atoms with Gasteiger partial charge in [0, 0.05) is 15.1 Å². The molecule has 0 aromatic heterocycles. The van der Waals surface area contributed by atoms with Crippen LogP contribution in [0.25, 0.3) is 6.08 Å². The molecule has 0 unspecified atom stereocenters. The highest BCUT2D eigenvalue weighted by Gasteiger charge is 2.29. The Balaban J connectivity index is 2.04. The lowest BCUT2D eigenvalue weighted by molar-refractivity contribution is -0.114. The number of hydrogen-bond acceptors (Lipinski definition) is 3. The Labute approximate surface area is 163 Å². The maximum absolute atomic E-state index is 12.8. The Morgan fingerprint density at radius 3 is 2.68 bits per heavy atom. The predicted octanol–water partition coefficient (Wildman–Crippen LogP) is 5.57. The molecule has 0 spiro atoms. The number of carbonyl (C=O) groups is 1. The van der Waals surface area contributed by atoms with Crippen molar-refractivity contribution in [3.8, 4) is 5.75 Å². The summed E-state index contributed by atoms with van der Waals surface area (Å²) in [4.78, 5) is 12.8. The van der Waals surface area contributed by atoms with E-state index in [0.29, 0.717) is 38.3 Å². The minimum absolute atomic E-state index is 0.228. The van der Waals surface area contributed by atoms with Gasteiger partial charge in [0.2, 0.25) is 0 Å². The van der Waals surface area contributed by atoms with E-state index >= 15 is 0 Å². The lowest BCUT2D eigenvalue weighted by Crippen LogP contribution is -2.21.